The van der Waals surface area contributed by atoms with E-state index in [1.165, 1.54) is 0 Å². The van der Waals surface area contributed by atoms with Crippen LogP contribution < -0.4 is 15.1 Å². The molecule has 218 valence electrons. The van der Waals surface area contributed by atoms with Crippen molar-refractivity contribution in [2.24, 2.45) is 0 Å². The van der Waals surface area contributed by atoms with Gasteiger partial charge in [0, 0.05) is 18.6 Å². The molecule has 9 nitrogen and oxygen atoms in total. The molecule has 0 radical (unpaired) electrons. The van der Waals surface area contributed by atoms with Gasteiger partial charge in [-0.25, -0.2) is 13.1 Å². The smallest absolute Gasteiger partial charge is 0.216 e. The van der Waals surface area contributed by atoms with Crippen LogP contribution in [0.3, 0.4) is 0 Å². The normalized spacial score (nSPS) is 15.8. The summed E-state index contributed by atoms with van der Waals surface area (Å²) in [6.45, 7) is 9.91. The van der Waals surface area contributed by atoms with Crippen molar-refractivity contribution in [2.75, 3.05) is 13.1 Å². The van der Waals surface area contributed by atoms with Gasteiger partial charge in [-0.15, -0.1) is 0 Å². The van der Waals surface area contributed by atoms with Crippen LogP contribution in [0.1, 0.15) is 52.7 Å². The highest BCUT2D eigenvalue weighted by Crippen LogP contribution is 2.22. The third-order valence-electron chi connectivity index (χ3n) is 6.57. The zero-order chi connectivity index (χ0) is 29.4. The van der Waals surface area contributed by atoms with Gasteiger partial charge in [0.15, 0.2) is 0 Å². The minimum atomic E-state index is -3.75. The molecule has 0 saturated carbocycles. The van der Waals surface area contributed by atoms with Crippen molar-refractivity contribution in [3.8, 4) is 0 Å². The van der Waals surface area contributed by atoms with E-state index in [2.05, 4.69) is 10.0 Å². The molecular weight excluding hydrogens is 518 g/mol. The SMILES string of the molecule is CC(C)(C)N(C(=O)[O-])[C@@H](Cc1ccccc1)[C@H](O)CNC[C@@H](O)[C@H](Cc1ccccc1)NS(=O)(=O)C(C)(C)C. The fraction of sp³-hybridized carbons (Fsp3) is 0.552. The lowest BCUT2D eigenvalue weighted by Crippen LogP contribution is -2.62. The first-order chi connectivity index (χ1) is 18.0. The van der Waals surface area contributed by atoms with Crippen LogP contribution in [-0.2, 0) is 22.9 Å². The molecule has 10 heteroatoms. The molecule has 1 amide bonds. The molecule has 2 aromatic carbocycles. The summed E-state index contributed by atoms with van der Waals surface area (Å²) < 4.78 is 27.4. The van der Waals surface area contributed by atoms with Crippen LogP contribution in [0, 0.1) is 0 Å². The highest BCUT2D eigenvalue weighted by molar-refractivity contribution is 7.90. The summed E-state index contributed by atoms with van der Waals surface area (Å²) in [6.07, 6.45) is -3.11. The van der Waals surface area contributed by atoms with Gasteiger partial charge in [0.2, 0.25) is 10.0 Å². The van der Waals surface area contributed by atoms with Crippen LogP contribution in [0.2, 0.25) is 0 Å². The van der Waals surface area contributed by atoms with Gasteiger partial charge in [0.25, 0.3) is 0 Å². The van der Waals surface area contributed by atoms with E-state index in [1.54, 1.807) is 41.5 Å². The molecule has 4 N–H and O–H groups in total. The van der Waals surface area contributed by atoms with Crippen LogP contribution in [0.4, 0.5) is 4.79 Å². The Morgan fingerprint density at radius 1 is 0.846 bits per heavy atom. The topological polar surface area (TPSA) is 142 Å². The van der Waals surface area contributed by atoms with Crippen LogP contribution in [0.25, 0.3) is 0 Å². The molecule has 0 saturated heterocycles. The Morgan fingerprint density at radius 3 is 1.74 bits per heavy atom. The highest BCUT2D eigenvalue weighted by atomic mass is 32.2. The molecule has 0 spiro atoms. The second-order valence-electron chi connectivity index (χ2n) is 11.9. The Bertz CT molecular complexity index is 1130. The van der Waals surface area contributed by atoms with Crippen molar-refractivity contribution in [3.05, 3.63) is 71.8 Å². The zero-order valence-corrected chi connectivity index (χ0v) is 24.6. The maximum absolute atomic E-state index is 12.9. The molecular formula is C29H44N3O6S-. The fourth-order valence-corrected chi connectivity index (χ4v) is 5.31. The number of aliphatic hydroxyl groups is 2. The number of carbonyl (C=O) groups excluding carboxylic acids is 1. The van der Waals surface area contributed by atoms with Crippen molar-refractivity contribution in [3.63, 3.8) is 0 Å². The first kappa shape index (κ1) is 32.7. The first-order valence-electron chi connectivity index (χ1n) is 13.2. The van der Waals surface area contributed by atoms with E-state index in [4.69, 9.17) is 0 Å². The Labute approximate surface area is 233 Å². The summed E-state index contributed by atoms with van der Waals surface area (Å²) in [6, 6.07) is 16.9. The molecule has 0 aliphatic heterocycles. The fourth-order valence-electron chi connectivity index (χ4n) is 4.32. The van der Waals surface area contributed by atoms with E-state index in [0.29, 0.717) is 0 Å². The van der Waals surface area contributed by atoms with Crippen molar-refractivity contribution in [1.29, 1.82) is 0 Å². The molecule has 0 aromatic heterocycles. The molecule has 0 fully saturated rings. The number of hydrogen-bond donors (Lipinski definition) is 4. The molecule has 0 heterocycles. The number of carbonyl (C=O) groups is 1. The van der Waals surface area contributed by atoms with Gasteiger partial charge in [-0.1, -0.05) is 60.7 Å². The number of sulfonamides is 1. The van der Waals surface area contributed by atoms with Crippen molar-refractivity contribution >= 4 is 16.1 Å². The zero-order valence-electron chi connectivity index (χ0n) is 23.8. The Hall–Kier alpha value is -2.50. The number of rotatable bonds is 13. The van der Waals surface area contributed by atoms with Crippen molar-refractivity contribution in [2.45, 2.75) is 89.0 Å². The van der Waals surface area contributed by atoms with Gasteiger partial charge in [-0.2, -0.15) is 0 Å². The Kier molecular flexibility index (Phi) is 11.5. The quantitative estimate of drug-likeness (QED) is 0.291. The Balaban J connectivity index is 2.18. The second kappa shape index (κ2) is 13.7. The Morgan fingerprint density at radius 2 is 1.31 bits per heavy atom. The summed E-state index contributed by atoms with van der Waals surface area (Å²) in [4.78, 5) is 13.3. The number of hydrogen-bond acceptors (Lipinski definition) is 7. The van der Waals surface area contributed by atoms with Gasteiger partial charge in [0.1, 0.15) is 6.09 Å². The lowest BCUT2D eigenvalue weighted by molar-refractivity contribution is -0.275. The van der Waals surface area contributed by atoms with E-state index in [0.717, 1.165) is 16.0 Å². The largest absolute Gasteiger partial charge is 0.530 e. The predicted molar refractivity (Wildman–Crippen MR) is 152 cm³/mol. The monoisotopic (exact) mass is 562 g/mol. The number of nitrogens with one attached hydrogen (secondary N) is 2. The maximum Gasteiger partial charge on any atom is 0.216 e. The number of amides is 1. The molecule has 0 bridgehead atoms. The molecule has 0 aliphatic carbocycles. The number of benzene rings is 2. The average Bonchev–Trinajstić information content (AvgIpc) is 2.82. The van der Waals surface area contributed by atoms with Gasteiger partial charge in [0.05, 0.1) is 29.0 Å². The lowest BCUT2D eigenvalue weighted by Gasteiger charge is -2.45. The average molecular weight is 563 g/mol. The van der Waals surface area contributed by atoms with Crippen molar-refractivity contribution < 1.29 is 28.5 Å². The number of aliphatic hydroxyl groups excluding tert-OH is 2. The predicted octanol–water partition coefficient (Wildman–Crippen LogP) is 1.68. The first-order valence-corrected chi connectivity index (χ1v) is 14.7. The van der Waals surface area contributed by atoms with Gasteiger partial charge in [-0.05, 0) is 65.5 Å². The van der Waals surface area contributed by atoms with E-state index in [-0.39, 0.29) is 25.9 Å². The maximum atomic E-state index is 12.9. The number of carboxylic acid groups (broad SMARTS) is 1. The van der Waals surface area contributed by atoms with E-state index >= 15 is 0 Å². The second-order valence-corrected chi connectivity index (χ2v) is 14.4. The lowest BCUT2D eigenvalue weighted by atomic mass is 9.94. The third kappa shape index (κ3) is 9.88. The summed E-state index contributed by atoms with van der Waals surface area (Å²) >= 11 is 0. The third-order valence-corrected chi connectivity index (χ3v) is 8.79. The van der Waals surface area contributed by atoms with Gasteiger partial charge >= 0.3 is 0 Å². The molecule has 0 unspecified atom stereocenters. The molecule has 4 atom stereocenters. The van der Waals surface area contributed by atoms with Crippen LogP contribution in [0.15, 0.2) is 60.7 Å². The molecule has 0 aliphatic rings. The molecule has 2 aromatic rings. The van der Waals surface area contributed by atoms with E-state index in [1.807, 2.05) is 60.7 Å². The van der Waals surface area contributed by atoms with Gasteiger partial charge < -0.3 is 30.3 Å². The van der Waals surface area contributed by atoms with Crippen LogP contribution in [0.5, 0.6) is 0 Å². The minimum Gasteiger partial charge on any atom is -0.530 e. The van der Waals surface area contributed by atoms with Crippen LogP contribution in [-0.4, -0.2) is 77.3 Å². The summed E-state index contributed by atoms with van der Waals surface area (Å²) in [5, 5.41) is 37.3. The standard InChI is InChI=1S/C29H45N3O6S/c1-28(2,3)32(27(35)36)24(18-22-15-11-8-12-16-22)26(34)20-30-19-25(33)23(17-21-13-9-7-10-14-21)31-39(37,38)29(4,5)6/h7-16,23-26,30-31,33-34H,17-20H2,1-6H3,(H,35,36)/p-1/t23-,24-,25+,26+/m0/s1. The summed E-state index contributed by atoms with van der Waals surface area (Å²) in [5.41, 5.74) is 0.887. The van der Waals surface area contributed by atoms with E-state index < -0.39 is 50.7 Å². The molecule has 39 heavy (non-hydrogen) atoms. The number of nitrogens with zero attached hydrogens (tertiary/aromatic N) is 1. The molecule has 2 rings (SSSR count). The van der Waals surface area contributed by atoms with Crippen molar-refractivity contribution in [1.82, 2.24) is 14.9 Å². The van der Waals surface area contributed by atoms with Gasteiger partial charge in [-0.3, -0.25) is 0 Å². The highest BCUT2D eigenvalue weighted by Gasteiger charge is 2.35. The van der Waals surface area contributed by atoms with E-state index in [9.17, 15) is 28.5 Å². The van der Waals surface area contributed by atoms with Crippen LogP contribution >= 0.6 is 0 Å². The summed E-state index contributed by atoms with van der Waals surface area (Å²) in [5.74, 6) is 0. The minimum absolute atomic E-state index is 0.0277. The summed E-state index contributed by atoms with van der Waals surface area (Å²) in [7, 11) is -3.75.